The maximum absolute atomic E-state index is 12.4. The first-order valence-corrected chi connectivity index (χ1v) is 21.7. The molecule has 270 valence electrons. The second kappa shape index (κ2) is 17.3. The topological polar surface area (TPSA) is 236 Å². The van der Waals surface area contributed by atoms with Crippen LogP contribution in [0.1, 0.15) is 43.1 Å². The number of hydrogen-bond acceptors (Lipinski definition) is 14. The molecular weight excluding hydrogens is 751 g/mol. The Balaban J connectivity index is 1.66. The van der Waals surface area contributed by atoms with E-state index in [0.717, 1.165) is 0 Å². The summed E-state index contributed by atoms with van der Waals surface area (Å²) in [6, 6.07) is 13.3. The van der Waals surface area contributed by atoms with Crippen molar-refractivity contribution in [2.45, 2.75) is 54.7 Å². The van der Waals surface area contributed by atoms with Crippen molar-refractivity contribution in [2.75, 3.05) is 29.6 Å². The molecule has 1 aromatic heterocycles. The van der Waals surface area contributed by atoms with Crippen LogP contribution in [0.5, 0.6) is 5.75 Å². The van der Waals surface area contributed by atoms with E-state index in [-0.39, 0.29) is 41.4 Å². The fourth-order valence-electron chi connectivity index (χ4n) is 4.58. The molecule has 0 fully saturated rings. The highest BCUT2D eigenvalue weighted by Crippen LogP contribution is 2.36. The van der Waals surface area contributed by atoms with Gasteiger partial charge >= 0.3 is 0 Å². The van der Waals surface area contributed by atoms with Crippen molar-refractivity contribution in [3.8, 4) is 5.75 Å². The van der Waals surface area contributed by atoms with Crippen LogP contribution < -0.4 is 4.74 Å². The van der Waals surface area contributed by atoms with Gasteiger partial charge in [-0.2, -0.15) is 35.4 Å². The van der Waals surface area contributed by atoms with Gasteiger partial charge in [0, 0.05) is 34.9 Å². The number of nitrogens with zero attached hydrogens (tertiary/aromatic N) is 5. The number of benzene rings is 3. The summed E-state index contributed by atoms with van der Waals surface area (Å²) in [6.45, 7) is 4.09. The highest BCUT2D eigenvalue weighted by atomic mass is 32.2. The fraction of sp³-hybridized carbons (Fsp3) is 0.367. The molecule has 20 heteroatoms. The minimum atomic E-state index is -4.65. The smallest absolute Gasteiger partial charge is 0.297 e. The quantitative estimate of drug-likeness (QED) is 0.0446. The van der Waals surface area contributed by atoms with Crippen molar-refractivity contribution in [1.82, 2.24) is 15.0 Å². The molecule has 0 amide bonds. The SMILES string of the molecule is CCCOc1cc(N=Nc2ccc3ccccc3c2S(=O)(=O)O)c(C)cc1Cc1nc(SCCCS(=O)(=O)O)nc(SCCCS(=O)(=O)O)n1. The first-order valence-electron chi connectivity index (χ1n) is 15.1. The zero-order chi connectivity index (χ0) is 36.5. The van der Waals surface area contributed by atoms with Crippen LogP contribution in [0, 0.1) is 6.92 Å². The Labute approximate surface area is 299 Å². The van der Waals surface area contributed by atoms with E-state index in [0.29, 0.717) is 62.5 Å². The number of azo groups is 1. The maximum Gasteiger partial charge on any atom is 0.297 e. The molecule has 15 nitrogen and oxygen atoms in total. The Hall–Kier alpha value is -3.24. The van der Waals surface area contributed by atoms with Crippen molar-refractivity contribution in [1.29, 1.82) is 0 Å². The molecule has 0 aliphatic carbocycles. The van der Waals surface area contributed by atoms with E-state index in [1.165, 1.54) is 29.6 Å². The third-order valence-corrected chi connectivity index (χ3v) is 11.2. The van der Waals surface area contributed by atoms with Crippen LogP contribution in [0.4, 0.5) is 11.4 Å². The largest absolute Gasteiger partial charge is 0.493 e. The van der Waals surface area contributed by atoms with E-state index in [1.807, 2.05) is 13.0 Å². The van der Waals surface area contributed by atoms with Gasteiger partial charge in [0.25, 0.3) is 30.4 Å². The molecule has 0 bridgehead atoms. The lowest BCUT2D eigenvalue weighted by Gasteiger charge is -2.14. The minimum absolute atomic E-state index is 0.0425. The van der Waals surface area contributed by atoms with Gasteiger partial charge in [0.05, 0.1) is 23.8 Å². The first kappa shape index (κ1) is 39.5. The molecule has 0 spiro atoms. The number of aryl methyl sites for hydroxylation is 1. The van der Waals surface area contributed by atoms with Gasteiger partial charge < -0.3 is 4.74 Å². The fourth-order valence-corrected chi connectivity index (χ4v) is 8.45. The number of rotatable bonds is 18. The Morgan fingerprint density at radius 1 is 0.780 bits per heavy atom. The summed E-state index contributed by atoms with van der Waals surface area (Å²) < 4.78 is 103. The molecule has 0 saturated carbocycles. The average Bonchev–Trinajstić information content (AvgIpc) is 3.02. The van der Waals surface area contributed by atoms with Gasteiger partial charge in [-0.3, -0.25) is 13.7 Å². The molecule has 1 heterocycles. The predicted molar refractivity (Wildman–Crippen MR) is 191 cm³/mol. The predicted octanol–water partition coefficient (Wildman–Crippen LogP) is 6.11. The van der Waals surface area contributed by atoms with Gasteiger partial charge in [0.1, 0.15) is 22.2 Å². The van der Waals surface area contributed by atoms with E-state index in [2.05, 4.69) is 25.2 Å². The molecule has 0 aliphatic heterocycles. The van der Waals surface area contributed by atoms with E-state index in [9.17, 15) is 29.8 Å². The molecule has 4 aromatic rings. The lowest BCUT2D eigenvalue weighted by atomic mass is 10.1. The summed E-state index contributed by atoms with van der Waals surface area (Å²) in [5, 5.41) is 10.0. The summed E-state index contributed by atoms with van der Waals surface area (Å²) in [6.07, 6.45) is 1.17. The van der Waals surface area contributed by atoms with Crippen molar-refractivity contribution in [3.63, 3.8) is 0 Å². The molecule has 0 radical (unpaired) electrons. The number of thioether (sulfide) groups is 2. The second-order valence-electron chi connectivity index (χ2n) is 10.9. The third kappa shape index (κ3) is 12.2. The normalized spacial score (nSPS) is 12.6. The van der Waals surface area contributed by atoms with Crippen LogP contribution >= 0.6 is 23.5 Å². The molecule has 0 unspecified atom stereocenters. The summed E-state index contributed by atoms with van der Waals surface area (Å²) in [5.41, 5.74) is 1.69. The molecule has 4 rings (SSSR count). The maximum atomic E-state index is 12.4. The van der Waals surface area contributed by atoms with Crippen LogP contribution in [0.2, 0.25) is 0 Å². The van der Waals surface area contributed by atoms with Crippen LogP contribution in [0.3, 0.4) is 0 Å². The van der Waals surface area contributed by atoms with Crippen molar-refractivity contribution in [3.05, 3.63) is 65.5 Å². The number of ether oxygens (including phenoxy) is 1. The van der Waals surface area contributed by atoms with Crippen molar-refractivity contribution in [2.24, 2.45) is 10.2 Å². The Kier molecular flexibility index (Phi) is 13.7. The molecule has 50 heavy (non-hydrogen) atoms. The van der Waals surface area contributed by atoms with Gasteiger partial charge in [-0.05, 0) is 49.3 Å². The van der Waals surface area contributed by atoms with Crippen molar-refractivity contribution >= 4 is 76.0 Å². The molecule has 3 N–H and O–H groups in total. The standard InChI is InChI=1S/C30H35N5O10S5/c1-3-12-45-26-19-25(35-34-24-11-10-21-8-4-5-9-23(21)28(24)50(42,43)44)20(2)17-22(26)18-27-31-29(46-13-6-15-48(36,37)38)33-30(32-27)47-14-7-16-49(39,40)41/h4-5,8-11,17,19H,3,6-7,12-16,18H2,1-2H3,(H,36,37,38)(H,39,40,41)(H,42,43,44). The van der Waals surface area contributed by atoms with Gasteiger partial charge in [0.2, 0.25) is 0 Å². The highest BCUT2D eigenvalue weighted by molar-refractivity contribution is 7.99. The van der Waals surface area contributed by atoms with Crippen LogP contribution in [0.25, 0.3) is 10.8 Å². The second-order valence-corrected chi connectivity index (χ2v) is 17.5. The Morgan fingerprint density at radius 3 is 1.96 bits per heavy atom. The van der Waals surface area contributed by atoms with Gasteiger partial charge in [-0.25, -0.2) is 9.97 Å². The number of aromatic nitrogens is 3. The van der Waals surface area contributed by atoms with E-state index in [1.54, 1.807) is 43.3 Å². The van der Waals surface area contributed by atoms with E-state index in [4.69, 9.17) is 13.8 Å². The van der Waals surface area contributed by atoms with Gasteiger partial charge in [-0.15, -0.1) is 5.11 Å². The first-order chi connectivity index (χ1) is 23.5. The lowest BCUT2D eigenvalue weighted by Crippen LogP contribution is -2.07. The summed E-state index contributed by atoms with van der Waals surface area (Å²) in [5.74, 6) is 0.526. The summed E-state index contributed by atoms with van der Waals surface area (Å²) in [4.78, 5) is 13.1. The third-order valence-electron chi connectivity index (χ3n) is 6.77. The van der Waals surface area contributed by atoms with Crippen LogP contribution in [-0.2, 0) is 36.8 Å². The summed E-state index contributed by atoms with van der Waals surface area (Å²) >= 11 is 2.34. The van der Waals surface area contributed by atoms with E-state index < -0.39 is 41.9 Å². The monoisotopic (exact) mass is 785 g/mol. The zero-order valence-electron chi connectivity index (χ0n) is 27.0. The van der Waals surface area contributed by atoms with Gasteiger partial charge in [-0.1, -0.05) is 60.8 Å². The Morgan fingerprint density at radius 2 is 1.38 bits per heavy atom. The Bertz CT molecular complexity index is 2140. The average molecular weight is 786 g/mol. The molecular formula is C30H35N5O10S5. The van der Waals surface area contributed by atoms with Crippen molar-refractivity contribution < 1.29 is 43.6 Å². The van der Waals surface area contributed by atoms with Crippen LogP contribution in [-0.4, -0.2) is 83.5 Å². The molecule has 3 aromatic carbocycles. The zero-order valence-corrected chi connectivity index (χ0v) is 31.0. The number of fused-ring (bicyclic) bond motifs is 1. The molecule has 0 aliphatic rings. The highest BCUT2D eigenvalue weighted by Gasteiger charge is 2.20. The summed E-state index contributed by atoms with van der Waals surface area (Å²) in [7, 11) is -12.9. The van der Waals surface area contributed by atoms with Crippen LogP contribution in [0.15, 0.2) is 74.0 Å². The lowest BCUT2D eigenvalue weighted by molar-refractivity contribution is 0.314. The van der Waals surface area contributed by atoms with E-state index >= 15 is 0 Å². The molecule has 0 saturated heterocycles. The number of hydrogen-bond donors (Lipinski definition) is 3. The minimum Gasteiger partial charge on any atom is -0.493 e. The van der Waals surface area contributed by atoms with Gasteiger partial charge in [0.15, 0.2) is 10.3 Å². The molecule has 0 atom stereocenters.